The number of aliphatic carboxylic acids is 1. The predicted molar refractivity (Wildman–Crippen MR) is 99.9 cm³/mol. The van der Waals surface area contributed by atoms with Gasteiger partial charge in [-0.3, -0.25) is 0 Å². The number of carbonyl (C=O) groups is 1. The van der Waals surface area contributed by atoms with Gasteiger partial charge in [0.1, 0.15) is 0 Å². The highest BCUT2D eigenvalue weighted by atomic mass is 32.1. The molecule has 3 nitrogen and oxygen atoms in total. The standard InChI is InChI=1S/C21H17NO2S/c23-21(24)13-11-16-10-12-19(20-9-4-14-25-20)22(16)18-8-3-6-15-5-1-2-7-17(15)18/h1-10,12,14H,11,13H2,(H,23,24)/p-1. The summed E-state index contributed by atoms with van der Waals surface area (Å²) in [6, 6.07) is 22.7. The van der Waals surface area contributed by atoms with Crippen molar-refractivity contribution in [2.45, 2.75) is 12.8 Å². The number of benzene rings is 2. The lowest BCUT2D eigenvalue weighted by atomic mass is 10.1. The molecule has 0 spiro atoms. The first-order valence-corrected chi connectivity index (χ1v) is 9.04. The van der Waals surface area contributed by atoms with E-state index in [1.165, 1.54) is 0 Å². The maximum Gasteiger partial charge on any atom is 0.0631 e. The van der Waals surface area contributed by atoms with Crippen molar-refractivity contribution in [1.82, 2.24) is 4.57 Å². The van der Waals surface area contributed by atoms with Crippen LogP contribution in [0.25, 0.3) is 27.0 Å². The summed E-state index contributed by atoms with van der Waals surface area (Å²) in [5.41, 5.74) is 3.13. The maximum atomic E-state index is 10.9. The van der Waals surface area contributed by atoms with Crippen LogP contribution in [0.1, 0.15) is 12.1 Å². The van der Waals surface area contributed by atoms with Gasteiger partial charge in [0.15, 0.2) is 0 Å². The molecule has 0 N–H and O–H groups in total. The van der Waals surface area contributed by atoms with Crippen molar-refractivity contribution in [3.05, 3.63) is 77.8 Å². The Bertz CT molecular complexity index is 1030. The quantitative estimate of drug-likeness (QED) is 0.547. The van der Waals surface area contributed by atoms with Crippen molar-refractivity contribution >= 4 is 28.1 Å². The van der Waals surface area contributed by atoms with Gasteiger partial charge in [0, 0.05) is 17.0 Å². The second-order valence-electron chi connectivity index (χ2n) is 5.89. The van der Waals surface area contributed by atoms with E-state index in [2.05, 4.69) is 46.3 Å². The largest absolute Gasteiger partial charge is 0.550 e. The number of hydrogen-bond acceptors (Lipinski definition) is 3. The van der Waals surface area contributed by atoms with Gasteiger partial charge < -0.3 is 14.5 Å². The smallest absolute Gasteiger partial charge is 0.0631 e. The van der Waals surface area contributed by atoms with Crippen LogP contribution in [-0.2, 0) is 11.2 Å². The van der Waals surface area contributed by atoms with Gasteiger partial charge in [-0.15, -0.1) is 11.3 Å². The van der Waals surface area contributed by atoms with Crippen molar-refractivity contribution in [3.63, 3.8) is 0 Å². The molecule has 2 aromatic heterocycles. The number of aryl methyl sites for hydroxylation is 1. The van der Waals surface area contributed by atoms with Crippen molar-refractivity contribution in [2.75, 3.05) is 0 Å². The summed E-state index contributed by atoms with van der Waals surface area (Å²) in [7, 11) is 0. The van der Waals surface area contributed by atoms with Crippen molar-refractivity contribution in [3.8, 4) is 16.3 Å². The van der Waals surface area contributed by atoms with E-state index < -0.39 is 5.97 Å². The molecular weight excluding hydrogens is 330 g/mol. The number of carboxylic acid groups (broad SMARTS) is 1. The van der Waals surface area contributed by atoms with Gasteiger partial charge in [0.2, 0.25) is 0 Å². The lowest BCUT2D eigenvalue weighted by molar-refractivity contribution is -0.305. The molecule has 0 unspecified atom stereocenters. The van der Waals surface area contributed by atoms with E-state index in [1.54, 1.807) is 11.3 Å². The summed E-state index contributed by atoms with van der Waals surface area (Å²) < 4.78 is 2.18. The minimum absolute atomic E-state index is 0.0126. The summed E-state index contributed by atoms with van der Waals surface area (Å²) >= 11 is 1.68. The minimum atomic E-state index is -1.02. The molecule has 0 saturated carbocycles. The zero-order valence-electron chi connectivity index (χ0n) is 13.5. The summed E-state index contributed by atoms with van der Waals surface area (Å²) in [5.74, 6) is -1.02. The van der Waals surface area contributed by atoms with E-state index in [4.69, 9.17) is 0 Å². The molecule has 0 atom stereocenters. The van der Waals surface area contributed by atoms with E-state index in [1.807, 2.05) is 30.3 Å². The van der Waals surface area contributed by atoms with Crippen LogP contribution < -0.4 is 5.11 Å². The molecule has 0 fully saturated rings. The van der Waals surface area contributed by atoms with Crippen LogP contribution in [-0.4, -0.2) is 10.5 Å². The first-order chi connectivity index (χ1) is 12.2. The third kappa shape index (κ3) is 2.96. The molecule has 4 rings (SSSR count). The Kier molecular flexibility index (Phi) is 4.12. The second-order valence-corrected chi connectivity index (χ2v) is 6.84. The van der Waals surface area contributed by atoms with Crippen LogP contribution in [0.4, 0.5) is 0 Å². The molecule has 0 bridgehead atoms. The number of thiophene rings is 1. The van der Waals surface area contributed by atoms with Crippen LogP contribution in [0.2, 0.25) is 0 Å². The number of nitrogens with zero attached hydrogens (tertiary/aromatic N) is 1. The highest BCUT2D eigenvalue weighted by Gasteiger charge is 2.14. The van der Waals surface area contributed by atoms with E-state index in [-0.39, 0.29) is 6.42 Å². The third-order valence-corrected chi connectivity index (χ3v) is 5.22. The molecule has 4 aromatic rings. The predicted octanol–water partition coefficient (Wildman–Crippen LogP) is 4.04. The molecule has 0 aliphatic heterocycles. The van der Waals surface area contributed by atoms with Crippen molar-refractivity contribution < 1.29 is 9.90 Å². The second kappa shape index (κ2) is 6.57. The number of fused-ring (bicyclic) bond motifs is 1. The maximum absolute atomic E-state index is 10.9. The van der Waals surface area contributed by atoms with E-state index in [0.29, 0.717) is 6.42 Å². The summed E-state index contributed by atoms with van der Waals surface area (Å²) in [6.45, 7) is 0. The van der Waals surface area contributed by atoms with Gasteiger partial charge >= 0.3 is 0 Å². The van der Waals surface area contributed by atoms with Crippen LogP contribution in [0, 0.1) is 0 Å². The molecule has 2 aromatic carbocycles. The average molecular weight is 346 g/mol. The zero-order chi connectivity index (χ0) is 17.2. The Balaban J connectivity index is 1.94. The lowest BCUT2D eigenvalue weighted by Crippen LogP contribution is -2.22. The van der Waals surface area contributed by atoms with Crippen molar-refractivity contribution in [2.24, 2.45) is 0 Å². The first kappa shape index (κ1) is 15.7. The van der Waals surface area contributed by atoms with E-state index in [0.717, 1.165) is 32.7 Å². The molecule has 0 amide bonds. The third-order valence-electron chi connectivity index (χ3n) is 4.33. The highest BCUT2D eigenvalue weighted by molar-refractivity contribution is 7.13. The lowest BCUT2D eigenvalue weighted by Gasteiger charge is -2.16. The van der Waals surface area contributed by atoms with Gasteiger partial charge in [0.25, 0.3) is 0 Å². The molecule has 0 aliphatic carbocycles. The fourth-order valence-electron chi connectivity index (χ4n) is 3.21. The van der Waals surface area contributed by atoms with Crippen LogP contribution in [0.15, 0.2) is 72.1 Å². The Morgan fingerprint density at radius 1 is 0.960 bits per heavy atom. The minimum Gasteiger partial charge on any atom is -0.550 e. The number of carboxylic acids is 1. The highest BCUT2D eigenvalue weighted by Crippen LogP contribution is 2.33. The monoisotopic (exact) mass is 346 g/mol. The number of aromatic nitrogens is 1. The molecule has 0 radical (unpaired) electrons. The average Bonchev–Trinajstić information content (AvgIpc) is 3.28. The summed E-state index contributed by atoms with van der Waals surface area (Å²) in [5, 5.41) is 15.3. The zero-order valence-corrected chi connectivity index (χ0v) is 14.3. The van der Waals surface area contributed by atoms with Crippen LogP contribution in [0.5, 0.6) is 0 Å². The molecule has 25 heavy (non-hydrogen) atoms. The number of hydrogen-bond donors (Lipinski definition) is 0. The molecular formula is C21H16NO2S-. The summed E-state index contributed by atoms with van der Waals surface area (Å²) in [4.78, 5) is 12.1. The first-order valence-electron chi connectivity index (χ1n) is 8.16. The molecule has 4 heteroatoms. The topological polar surface area (TPSA) is 45.1 Å². The van der Waals surface area contributed by atoms with Crippen molar-refractivity contribution in [1.29, 1.82) is 0 Å². The molecule has 2 heterocycles. The fraction of sp³-hybridized carbons (Fsp3) is 0.0952. The Morgan fingerprint density at radius 3 is 2.60 bits per heavy atom. The Hall–Kier alpha value is -2.85. The Morgan fingerprint density at radius 2 is 1.80 bits per heavy atom. The normalized spacial score (nSPS) is 11.0. The Labute approximate surface area is 149 Å². The van der Waals surface area contributed by atoms with Crippen LogP contribution in [0.3, 0.4) is 0 Å². The molecule has 0 saturated heterocycles. The number of rotatable bonds is 5. The van der Waals surface area contributed by atoms with Gasteiger partial charge in [-0.25, -0.2) is 0 Å². The van der Waals surface area contributed by atoms with Gasteiger partial charge in [-0.2, -0.15) is 0 Å². The number of carbonyl (C=O) groups excluding carboxylic acids is 1. The molecule has 124 valence electrons. The SMILES string of the molecule is O=C([O-])CCc1ccc(-c2cccs2)n1-c1cccc2ccccc12. The van der Waals surface area contributed by atoms with Gasteiger partial charge in [0.05, 0.1) is 16.3 Å². The van der Waals surface area contributed by atoms with Crippen LogP contribution >= 0.6 is 11.3 Å². The fourth-order valence-corrected chi connectivity index (χ4v) is 3.95. The van der Waals surface area contributed by atoms with E-state index >= 15 is 0 Å². The molecule has 0 aliphatic rings. The van der Waals surface area contributed by atoms with E-state index in [9.17, 15) is 9.90 Å². The van der Waals surface area contributed by atoms with Gasteiger partial charge in [-0.05, 0) is 47.9 Å². The summed E-state index contributed by atoms with van der Waals surface area (Å²) in [6.07, 6.45) is 0.454. The van der Waals surface area contributed by atoms with Gasteiger partial charge in [-0.1, -0.05) is 42.5 Å².